The minimum atomic E-state index is -0.942. The van der Waals surface area contributed by atoms with Crippen molar-refractivity contribution in [1.82, 2.24) is 0 Å². The highest BCUT2D eigenvalue weighted by Gasteiger charge is 2.25. The van der Waals surface area contributed by atoms with Crippen LogP contribution in [0.2, 0.25) is 0 Å². The van der Waals surface area contributed by atoms with Gasteiger partial charge in [-0.2, -0.15) is 0 Å². The lowest BCUT2D eigenvalue weighted by molar-refractivity contribution is -0.149. The van der Waals surface area contributed by atoms with Crippen molar-refractivity contribution in [1.29, 1.82) is 0 Å². The molecule has 72 valence electrons. The van der Waals surface area contributed by atoms with E-state index in [0.29, 0.717) is 5.76 Å². The van der Waals surface area contributed by atoms with E-state index in [9.17, 15) is 9.90 Å². The second-order valence-corrected chi connectivity index (χ2v) is 2.77. The molecule has 1 aromatic rings. The highest BCUT2D eigenvalue weighted by molar-refractivity contribution is 5.72. The SMILES string of the molecule is COC(=O)[C@@H](C)[C@H](O)c1ccco1. The van der Waals surface area contributed by atoms with E-state index in [1.54, 1.807) is 19.1 Å². The number of aliphatic hydroxyl groups is 1. The number of furan rings is 1. The van der Waals surface area contributed by atoms with Crippen molar-refractivity contribution >= 4 is 5.97 Å². The molecule has 0 aromatic carbocycles. The minimum absolute atomic E-state index is 0.373. The Morgan fingerprint density at radius 1 is 1.69 bits per heavy atom. The fourth-order valence-corrected chi connectivity index (χ4v) is 1.02. The number of carbonyl (C=O) groups excluding carboxylic acids is 1. The number of hydrogen-bond donors (Lipinski definition) is 1. The molecule has 0 amide bonds. The Kier molecular flexibility index (Phi) is 3.08. The van der Waals surface area contributed by atoms with Gasteiger partial charge in [-0.05, 0) is 19.1 Å². The van der Waals surface area contributed by atoms with E-state index in [2.05, 4.69) is 4.74 Å². The standard InChI is InChI=1S/C9H12O4/c1-6(9(11)12-2)8(10)7-4-3-5-13-7/h3-6,8,10H,1-2H3/t6-,8-/m0/s1. The van der Waals surface area contributed by atoms with Crippen molar-refractivity contribution < 1.29 is 19.1 Å². The third kappa shape index (κ3) is 2.09. The Labute approximate surface area is 76.1 Å². The summed E-state index contributed by atoms with van der Waals surface area (Å²) in [6.45, 7) is 1.58. The third-order valence-corrected chi connectivity index (χ3v) is 1.88. The lowest BCUT2D eigenvalue weighted by atomic mass is 10.0. The van der Waals surface area contributed by atoms with Gasteiger partial charge in [0, 0.05) is 0 Å². The first kappa shape index (κ1) is 9.80. The van der Waals surface area contributed by atoms with Gasteiger partial charge in [-0.3, -0.25) is 4.79 Å². The topological polar surface area (TPSA) is 59.7 Å². The van der Waals surface area contributed by atoms with Crippen LogP contribution in [-0.4, -0.2) is 18.2 Å². The molecule has 13 heavy (non-hydrogen) atoms. The van der Waals surface area contributed by atoms with Crippen LogP contribution in [0.3, 0.4) is 0 Å². The molecule has 0 radical (unpaired) electrons. The van der Waals surface area contributed by atoms with Gasteiger partial charge in [-0.25, -0.2) is 0 Å². The van der Waals surface area contributed by atoms with Gasteiger partial charge < -0.3 is 14.3 Å². The highest BCUT2D eigenvalue weighted by atomic mass is 16.5. The summed E-state index contributed by atoms with van der Waals surface area (Å²) >= 11 is 0. The maximum absolute atomic E-state index is 11.0. The molecular formula is C9H12O4. The molecule has 0 saturated carbocycles. The van der Waals surface area contributed by atoms with E-state index in [0.717, 1.165) is 0 Å². The molecule has 0 fully saturated rings. The maximum Gasteiger partial charge on any atom is 0.311 e. The van der Waals surface area contributed by atoms with E-state index in [-0.39, 0.29) is 0 Å². The van der Waals surface area contributed by atoms with Crippen molar-refractivity contribution in [3.05, 3.63) is 24.2 Å². The van der Waals surface area contributed by atoms with Crippen molar-refractivity contribution in [2.45, 2.75) is 13.0 Å². The van der Waals surface area contributed by atoms with Crippen LogP contribution < -0.4 is 0 Å². The summed E-state index contributed by atoms with van der Waals surface area (Å²) in [5.41, 5.74) is 0. The molecular weight excluding hydrogens is 172 g/mol. The number of aliphatic hydroxyl groups excluding tert-OH is 1. The monoisotopic (exact) mass is 184 g/mol. The zero-order valence-electron chi connectivity index (χ0n) is 7.56. The van der Waals surface area contributed by atoms with E-state index in [4.69, 9.17) is 4.42 Å². The second-order valence-electron chi connectivity index (χ2n) is 2.77. The van der Waals surface area contributed by atoms with Crippen molar-refractivity contribution in [2.24, 2.45) is 5.92 Å². The van der Waals surface area contributed by atoms with Crippen LogP contribution in [0.25, 0.3) is 0 Å². The van der Waals surface area contributed by atoms with Crippen molar-refractivity contribution in [3.8, 4) is 0 Å². The van der Waals surface area contributed by atoms with Crippen LogP contribution in [0.15, 0.2) is 22.8 Å². The van der Waals surface area contributed by atoms with Gasteiger partial charge in [0.25, 0.3) is 0 Å². The molecule has 0 saturated heterocycles. The molecule has 0 aliphatic rings. The van der Waals surface area contributed by atoms with E-state index in [1.165, 1.54) is 13.4 Å². The van der Waals surface area contributed by atoms with Gasteiger partial charge in [0.1, 0.15) is 11.9 Å². The fraction of sp³-hybridized carbons (Fsp3) is 0.444. The van der Waals surface area contributed by atoms with Gasteiger partial charge in [-0.1, -0.05) is 0 Å². The molecule has 0 aliphatic carbocycles. The Morgan fingerprint density at radius 2 is 2.38 bits per heavy atom. The minimum Gasteiger partial charge on any atom is -0.469 e. The number of ether oxygens (including phenoxy) is 1. The van der Waals surface area contributed by atoms with Crippen LogP contribution in [0.1, 0.15) is 18.8 Å². The molecule has 0 bridgehead atoms. The molecule has 0 aliphatic heterocycles. The van der Waals surface area contributed by atoms with Crippen LogP contribution in [0, 0.1) is 5.92 Å². The van der Waals surface area contributed by atoms with Gasteiger partial charge >= 0.3 is 5.97 Å². The molecule has 4 heteroatoms. The zero-order valence-corrected chi connectivity index (χ0v) is 7.56. The average Bonchev–Trinajstić information content (AvgIpc) is 2.67. The van der Waals surface area contributed by atoms with Gasteiger partial charge in [0.15, 0.2) is 0 Å². The third-order valence-electron chi connectivity index (χ3n) is 1.88. The van der Waals surface area contributed by atoms with Crippen molar-refractivity contribution in [2.75, 3.05) is 7.11 Å². The Hall–Kier alpha value is -1.29. The summed E-state index contributed by atoms with van der Waals surface area (Å²) in [5.74, 6) is -0.696. The number of methoxy groups -OCH3 is 1. The molecule has 4 nitrogen and oxygen atoms in total. The number of rotatable bonds is 3. The van der Waals surface area contributed by atoms with Crippen LogP contribution in [0.5, 0.6) is 0 Å². The van der Waals surface area contributed by atoms with Gasteiger partial charge in [0.05, 0.1) is 19.3 Å². The molecule has 1 N–H and O–H groups in total. The normalized spacial score (nSPS) is 15.0. The van der Waals surface area contributed by atoms with Gasteiger partial charge in [0.2, 0.25) is 0 Å². The predicted octanol–water partition coefficient (Wildman–Crippen LogP) is 1.12. The quantitative estimate of drug-likeness (QED) is 0.715. The Bertz CT molecular complexity index is 265. The molecule has 0 unspecified atom stereocenters. The van der Waals surface area contributed by atoms with E-state index in [1.807, 2.05) is 0 Å². The molecule has 0 spiro atoms. The molecule has 2 atom stereocenters. The second kappa shape index (κ2) is 4.09. The smallest absolute Gasteiger partial charge is 0.311 e. The summed E-state index contributed by atoms with van der Waals surface area (Å²) in [4.78, 5) is 11.0. The van der Waals surface area contributed by atoms with Crippen molar-refractivity contribution in [3.63, 3.8) is 0 Å². The summed E-state index contributed by atoms with van der Waals surface area (Å²) in [7, 11) is 1.29. The van der Waals surface area contributed by atoms with E-state index >= 15 is 0 Å². The molecule has 1 heterocycles. The summed E-state index contributed by atoms with van der Waals surface area (Å²) in [5, 5.41) is 9.58. The first-order chi connectivity index (χ1) is 6.16. The largest absolute Gasteiger partial charge is 0.469 e. The average molecular weight is 184 g/mol. The lowest BCUT2D eigenvalue weighted by Crippen LogP contribution is -2.20. The zero-order chi connectivity index (χ0) is 9.84. The van der Waals surface area contributed by atoms with Gasteiger partial charge in [-0.15, -0.1) is 0 Å². The van der Waals surface area contributed by atoms with Crippen LogP contribution in [-0.2, 0) is 9.53 Å². The first-order valence-electron chi connectivity index (χ1n) is 3.96. The molecule has 1 rings (SSSR count). The number of carbonyl (C=O) groups is 1. The highest BCUT2D eigenvalue weighted by Crippen LogP contribution is 2.22. The summed E-state index contributed by atoms with van der Waals surface area (Å²) in [6.07, 6.45) is 0.505. The Morgan fingerprint density at radius 3 is 2.85 bits per heavy atom. The maximum atomic E-state index is 11.0. The lowest BCUT2D eigenvalue weighted by Gasteiger charge is -2.13. The Balaban J connectivity index is 2.68. The first-order valence-corrected chi connectivity index (χ1v) is 3.96. The predicted molar refractivity (Wildman–Crippen MR) is 44.8 cm³/mol. The number of esters is 1. The van der Waals surface area contributed by atoms with Crippen LogP contribution >= 0.6 is 0 Å². The van der Waals surface area contributed by atoms with E-state index < -0.39 is 18.0 Å². The number of hydrogen-bond acceptors (Lipinski definition) is 4. The fourth-order valence-electron chi connectivity index (χ4n) is 1.02. The molecule has 1 aromatic heterocycles. The summed E-state index contributed by atoms with van der Waals surface area (Å²) < 4.78 is 9.44. The van der Waals surface area contributed by atoms with Crippen LogP contribution in [0.4, 0.5) is 0 Å². The summed E-state index contributed by atoms with van der Waals surface area (Å²) in [6, 6.07) is 3.27.